The Hall–Kier alpha value is -1.39. The number of halogens is 2. The fraction of sp³-hybridized carbons (Fsp3) is 0. The molecule has 0 aliphatic heterocycles. The molecule has 2 nitrogen and oxygen atoms in total. The Bertz CT molecular complexity index is 822. The van der Waals surface area contributed by atoms with Gasteiger partial charge in [-0.05, 0) is 40.2 Å². The lowest BCUT2D eigenvalue weighted by atomic mass is 10.1. The SMILES string of the molecule is O=c1c(Br)c(-c2cccc(Br)c2)oc2ccccc12. The Morgan fingerprint density at radius 3 is 2.53 bits per heavy atom. The summed E-state index contributed by atoms with van der Waals surface area (Å²) in [4.78, 5) is 12.3. The summed E-state index contributed by atoms with van der Waals surface area (Å²) in [6.45, 7) is 0. The van der Waals surface area contributed by atoms with E-state index >= 15 is 0 Å². The van der Waals surface area contributed by atoms with Gasteiger partial charge in [0.15, 0.2) is 5.76 Å². The van der Waals surface area contributed by atoms with E-state index in [1.807, 2.05) is 36.4 Å². The molecule has 0 aliphatic rings. The van der Waals surface area contributed by atoms with E-state index in [1.165, 1.54) is 0 Å². The van der Waals surface area contributed by atoms with Gasteiger partial charge in [-0.25, -0.2) is 0 Å². The van der Waals surface area contributed by atoms with Gasteiger partial charge in [0.05, 0.1) is 5.39 Å². The largest absolute Gasteiger partial charge is 0.455 e. The molecule has 1 heterocycles. The Balaban J connectivity index is 2.36. The first-order chi connectivity index (χ1) is 9.16. The highest BCUT2D eigenvalue weighted by molar-refractivity contribution is 9.10. The van der Waals surface area contributed by atoms with Crippen molar-refractivity contribution >= 4 is 42.8 Å². The average Bonchev–Trinajstić information content (AvgIpc) is 2.43. The molecule has 4 heteroatoms. The van der Waals surface area contributed by atoms with Crippen LogP contribution in [-0.2, 0) is 0 Å². The van der Waals surface area contributed by atoms with Crippen LogP contribution in [0.15, 0.2) is 66.7 Å². The zero-order valence-electron chi connectivity index (χ0n) is 9.69. The van der Waals surface area contributed by atoms with Crippen molar-refractivity contribution in [2.75, 3.05) is 0 Å². The molecule has 0 radical (unpaired) electrons. The fourth-order valence-corrected chi connectivity index (χ4v) is 2.86. The number of para-hydroxylation sites is 1. The molecule has 0 saturated heterocycles. The third kappa shape index (κ3) is 2.26. The summed E-state index contributed by atoms with van der Waals surface area (Å²) in [7, 11) is 0. The van der Waals surface area contributed by atoms with Crippen LogP contribution in [0.1, 0.15) is 0 Å². The third-order valence-electron chi connectivity index (χ3n) is 2.83. The highest BCUT2D eigenvalue weighted by Gasteiger charge is 2.13. The highest BCUT2D eigenvalue weighted by Crippen LogP contribution is 2.30. The van der Waals surface area contributed by atoms with Crippen molar-refractivity contribution in [3.05, 3.63) is 67.7 Å². The first kappa shape index (κ1) is 12.6. The van der Waals surface area contributed by atoms with Gasteiger partial charge in [0.25, 0.3) is 0 Å². The van der Waals surface area contributed by atoms with Gasteiger partial charge in [-0.2, -0.15) is 0 Å². The summed E-state index contributed by atoms with van der Waals surface area (Å²) >= 11 is 6.76. The van der Waals surface area contributed by atoms with E-state index in [0.717, 1.165) is 10.0 Å². The van der Waals surface area contributed by atoms with Crippen LogP contribution in [0.2, 0.25) is 0 Å². The lowest BCUT2D eigenvalue weighted by Gasteiger charge is -2.06. The molecule has 0 atom stereocenters. The Morgan fingerprint density at radius 2 is 1.74 bits per heavy atom. The van der Waals surface area contributed by atoms with E-state index in [-0.39, 0.29) is 5.43 Å². The number of benzene rings is 2. The normalized spacial score (nSPS) is 10.8. The first-order valence-electron chi connectivity index (χ1n) is 5.64. The Kier molecular flexibility index (Phi) is 3.29. The summed E-state index contributed by atoms with van der Waals surface area (Å²) in [6, 6.07) is 14.9. The number of rotatable bonds is 1. The minimum absolute atomic E-state index is 0.0585. The molecule has 0 amide bonds. The van der Waals surface area contributed by atoms with Crippen LogP contribution in [0.5, 0.6) is 0 Å². The zero-order valence-corrected chi connectivity index (χ0v) is 12.9. The Morgan fingerprint density at radius 1 is 0.947 bits per heavy atom. The van der Waals surface area contributed by atoms with E-state index in [4.69, 9.17) is 4.42 Å². The van der Waals surface area contributed by atoms with Gasteiger partial charge < -0.3 is 4.42 Å². The van der Waals surface area contributed by atoms with Crippen molar-refractivity contribution in [3.8, 4) is 11.3 Å². The minimum Gasteiger partial charge on any atom is -0.455 e. The monoisotopic (exact) mass is 378 g/mol. The van der Waals surface area contributed by atoms with E-state index < -0.39 is 0 Å². The molecule has 19 heavy (non-hydrogen) atoms. The topological polar surface area (TPSA) is 30.2 Å². The molecule has 0 spiro atoms. The molecule has 1 aromatic heterocycles. The lowest BCUT2D eigenvalue weighted by Crippen LogP contribution is -2.03. The summed E-state index contributed by atoms with van der Waals surface area (Å²) in [5, 5.41) is 0.577. The Labute approximate surface area is 126 Å². The maximum Gasteiger partial charge on any atom is 0.207 e. The summed E-state index contributed by atoms with van der Waals surface area (Å²) < 4.78 is 7.23. The van der Waals surface area contributed by atoms with Crippen LogP contribution >= 0.6 is 31.9 Å². The van der Waals surface area contributed by atoms with Gasteiger partial charge >= 0.3 is 0 Å². The van der Waals surface area contributed by atoms with Crippen LogP contribution in [0.25, 0.3) is 22.3 Å². The molecular weight excluding hydrogens is 372 g/mol. The van der Waals surface area contributed by atoms with Crippen molar-refractivity contribution in [1.82, 2.24) is 0 Å². The molecule has 0 bridgehead atoms. The zero-order chi connectivity index (χ0) is 13.4. The molecule has 94 valence electrons. The van der Waals surface area contributed by atoms with Crippen LogP contribution < -0.4 is 5.43 Å². The molecule has 0 N–H and O–H groups in total. The predicted molar refractivity (Wildman–Crippen MR) is 83.3 cm³/mol. The molecule has 0 saturated carbocycles. The standard InChI is InChI=1S/C15H8Br2O2/c16-10-5-3-4-9(8-10)15-13(17)14(18)11-6-1-2-7-12(11)19-15/h1-8H. The molecule has 0 unspecified atom stereocenters. The van der Waals surface area contributed by atoms with Gasteiger partial charge in [-0.15, -0.1) is 0 Å². The number of fused-ring (bicyclic) bond motifs is 1. The van der Waals surface area contributed by atoms with Crippen molar-refractivity contribution in [2.24, 2.45) is 0 Å². The molecule has 0 aliphatic carbocycles. The summed E-state index contributed by atoms with van der Waals surface area (Å²) in [5.74, 6) is 0.546. The smallest absolute Gasteiger partial charge is 0.207 e. The van der Waals surface area contributed by atoms with Crippen LogP contribution in [0, 0.1) is 0 Å². The average molecular weight is 380 g/mol. The van der Waals surface area contributed by atoms with Crippen molar-refractivity contribution in [1.29, 1.82) is 0 Å². The van der Waals surface area contributed by atoms with E-state index in [2.05, 4.69) is 31.9 Å². The first-order valence-corrected chi connectivity index (χ1v) is 7.23. The van der Waals surface area contributed by atoms with Crippen molar-refractivity contribution in [2.45, 2.75) is 0 Å². The molecule has 3 aromatic rings. The fourth-order valence-electron chi connectivity index (χ4n) is 1.93. The second kappa shape index (κ2) is 4.94. The number of hydrogen-bond acceptors (Lipinski definition) is 2. The van der Waals surface area contributed by atoms with E-state index in [9.17, 15) is 4.79 Å². The van der Waals surface area contributed by atoms with Gasteiger partial charge in [0.2, 0.25) is 5.43 Å². The summed E-state index contributed by atoms with van der Waals surface area (Å²) in [5.41, 5.74) is 1.38. The van der Waals surface area contributed by atoms with Crippen LogP contribution in [0.4, 0.5) is 0 Å². The van der Waals surface area contributed by atoms with Gasteiger partial charge in [-0.3, -0.25) is 4.79 Å². The van der Waals surface area contributed by atoms with E-state index in [1.54, 1.807) is 12.1 Å². The minimum atomic E-state index is -0.0585. The lowest BCUT2D eigenvalue weighted by molar-refractivity contribution is 0.615. The van der Waals surface area contributed by atoms with Crippen LogP contribution in [-0.4, -0.2) is 0 Å². The quantitative estimate of drug-likeness (QED) is 0.596. The molecule has 3 rings (SSSR count). The maximum absolute atomic E-state index is 12.3. The second-order valence-electron chi connectivity index (χ2n) is 4.08. The van der Waals surface area contributed by atoms with Gasteiger partial charge in [-0.1, -0.05) is 40.2 Å². The van der Waals surface area contributed by atoms with Gasteiger partial charge in [0.1, 0.15) is 10.1 Å². The third-order valence-corrected chi connectivity index (χ3v) is 4.04. The van der Waals surface area contributed by atoms with Crippen LogP contribution in [0.3, 0.4) is 0 Å². The van der Waals surface area contributed by atoms with Gasteiger partial charge in [0, 0.05) is 10.0 Å². The highest BCUT2D eigenvalue weighted by atomic mass is 79.9. The summed E-state index contributed by atoms with van der Waals surface area (Å²) in [6.07, 6.45) is 0. The van der Waals surface area contributed by atoms with E-state index in [0.29, 0.717) is 21.2 Å². The maximum atomic E-state index is 12.3. The molecular formula is C15H8Br2O2. The van der Waals surface area contributed by atoms with Crippen molar-refractivity contribution < 1.29 is 4.42 Å². The molecule has 0 fully saturated rings. The predicted octanol–water partition coefficient (Wildman–Crippen LogP) is 4.99. The second-order valence-corrected chi connectivity index (χ2v) is 5.79. The van der Waals surface area contributed by atoms with Crippen molar-refractivity contribution in [3.63, 3.8) is 0 Å². The number of hydrogen-bond donors (Lipinski definition) is 0. The molecule has 2 aromatic carbocycles.